The molecule has 1 fully saturated rings. The Bertz CT molecular complexity index is 1050. The Labute approximate surface area is 176 Å². The quantitative estimate of drug-likeness (QED) is 0.615. The van der Waals surface area contributed by atoms with Gasteiger partial charge in [0.25, 0.3) is 5.91 Å². The van der Waals surface area contributed by atoms with E-state index < -0.39 is 11.6 Å². The number of nitrogens with zero attached hydrogens (tertiary/aromatic N) is 2. The second-order valence-electron chi connectivity index (χ2n) is 6.92. The van der Waals surface area contributed by atoms with Crippen LogP contribution >= 0.6 is 11.3 Å². The van der Waals surface area contributed by atoms with Gasteiger partial charge in [-0.05, 0) is 48.2 Å². The van der Waals surface area contributed by atoms with Crippen LogP contribution in [0.3, 0.4) is 0 Å². The summed E-state index contributed by atoms with van der Waals surface area (Å²) in [5.74, 6) is -1.49. The predicted molar refractivity (Wildman–Crippen MR) is 113 cm³/mol. The lowest BCUT2D eigenvalue weighted by molar-refractivity contribution is 0.103. The van der Waals surface area contributed by atoms with Crippen LogP contribution in [-0.4, -0.2) is 29.9 Å². The highest BCUT2D eigenvalue weighted by Crippen LogP contribution is 2.24. The molecule has 3 aromatic rings. The number of hydrogen-bond donors (Lipinski definition) is 1. The lowest BCUT2D eigenvalue weighted by atomic mass is 10.1. The maximum absolute atomic E-state index is 14.0. The average Bonchev–Trinajstić information content (AvgIpc) is 3.27. The summed E-state index contributed by atoms with van der Waals surface area (Å²) in [5, 5.41) is 4.66. The molecule has 8 heteroatoms. The van der Waals surface area contributed by atoms with E-state index in [1.807, 2.05) is 11.4 Å². The number of benzene rings is 2. The fourth-order valence-electron chi connectivity index (χ4n) is 3.35. The Morgan fingerprint density at radius 1 is 1.07 bits per heavy atom. The van der Waals surface area contributed by atoms with Crippen molar-refractivity contribution in [3.05, 3.63) is 82.1 Å². The molecule has 1 aromatic heterocycles. The van der Waals surface area contributed by atoms with Crippen LogP contribution in [0.5, 0.6) is 0 Å². The topological polar surface area (TPSA) is 52.7 Å². The van der Waals surface area contributed by atoms with Crippen LogP contribution < -0.4 is 10.2 Å². The second kappa shape index (κ2) is 8.62. The number of rotatable bonds is 5. The Kier molecular flexibility index (Phi) is 5.76. The number of carbonyl (C=O) groups is 2. The fraction of sp³-hybridized carbons (Fsp3) is 0.182. The van der Waals surface area contributed by atoms with E-state index in [1.54, 1.807) is 40.1 Å². The number of anilines is 2. The van der Waals surface area contributed by atoms with Gasteiger partial charge in [-0.25, -0.2) is 13.6 Å². The molecule has 5 nitrogen and oxygen atoms in total. The Hall–Kier alpha value is -3.26. The van der Waals surface area contributed by atoms with Crippen LogP contribution in [0.15, 0.2) is 60.0 Å². The summed E-state index contributed by atoms with van der Waals surface area (Å²) in [6.45, 7) is 1.12. The lowest BCUT2D eigenvalue weighted by Gasteiger charge is -2.35. The standard InChI is InChI=1S/C22H19F2N3O2S/c23-16-5-4-15(19(24)13-16)14-26-10-2-11-27(22(26)29)18-8-6-17(7-9-18)25-21(28)20-3-1-12-30-20/h1,3-9,12-13H,2,10-11,14H2,(H,25,28). The van der Waals surface area contributed by atoms with Gasteiger partial charge >= 0.3 is 6.03 Å². The molecule has 1 saturated heterocycles. The molecule has 30 heavy (non-hydrogen) atoms. The molecule has 0 radical (unpaired) electrons. The van der Waals surface area contributed by atoms with Crippen molar-refractivity contribution in [2.24, 2.45) is 0 Å². The van der Waals surface area contributed by atoms with Crippen molar-refractivity contribution in [2.45, 2.75) is 13.0 Å². The number of urea groups is 1. The average molecular weight is 427 g/mol. The van der Waals surface area contributed by atoms with Gasteiger partial charge in [0.05, 0.1) is 11.4 Å². The molecule has 154 valence electrons. The molecule has 1 N–H and O–H groups in total. The monoisotopic (exact) mass is 427 g/mol. The number of nitrogens with one attached hydrogen (secondary N) is 1. The minimum absolute atomic E-state index is 0.0798. The van der Waals surface area contributed by atoms with E-state index >= 15 is 0 Å². The molecule has 0 spiro atoms. The largest absolute Gasteiger partial charge is 0.324 e. The van der Waals surface area contributed by atoms with Crippen LogP contribution in [0, 0.1) is 11.6 Å². The SMILES string of the molecule is O=C(Nc1ccc(N2CCCN(Cc3ccc(F)cc3F)C2=O)cc1)c1cccs1. The van der Waals surface area contributed by atoms with E-state index in [2.05, 4.69) is 5.32 Å². The molecular formula is C22H19F2N3O2S. The molecule has 0 unspecified atom stereocenters. The van der Waals surface area contributed by atoms with Gasteiger partial charge in [-0.1, -0.05) is 12.1 Å². The summed E-state index contributed by atoms with van der Waals surface area (Å²) >= 11 is 1.36. The smallest absolute Gasteiger partial charge is 0.321 e. The zero-order valence-electron chi connectivity index (χ0n) is 16.0. The molecule has 0 saturated carbocycles. The molecule has 0 aliphatic carbocycles. The van der Waals surface area contributed by atoms with Gasteiger partial charge < -0.3 is 10.2 Å². The van der Waals surface area contributed by atoms with Crippen LogP contribution in [0.1, 0.15) is 21.7 Å². The molecule has 2 heterocycles. The lowest BCUT2D eigenvalue weighted by Crippen LogP contribution is -2.49. The maximum Gasteiger partial charge on any atom is 0.324 e. The highest BCUT2D eigenvalue weighted by atomic mass is 32.1. The molecule has 1 aliphatic heterocycles. The summed E-state index contributed by atoms with van der Waals surface area (Å²) in [5.41, 5.74) is 1.60. The zero-order chi connectivity index (χ0) is 21.1. The molecular weight excluding hydrogens is 408 g/mol. The summed E-state index contributed by atoms with van der Waals surface area (Å²) in [6.07, 6.45) is 0.728. The van der Waals surface area contributed by atoms with Crippen molar-refractivity contribution in [2.75, 3.05) is 23.3 Å². The minimum atomic E-state index is -0.661. The third-order valence-electron chi connectivity index (χ3n) is 4.87. The predicted octanol–water partition coefficient (Wildman–Crippen LogP) is 5.11. The van der Waals surface area contributed by atoms with Crippen molar-refractivity contribution < 1.29 is 18.4 Å². The first-order chi connectivity index (χ1) is 14.5. The highest BCUT2D eigenvalue weighted by Gasteiger charge is 2.27. The second-order valence-corrected chi connectivity index (χ2v) is 7.87. The van der Waals surface area contributed by atoms with E-state index in [9.17, 15) is 18.4 Å². The summed E-state index contributed by atoms with van der Waals surface area (Å²) in [4.78, 5) is 28.9. The van der Waals surface area contributed by atoms with Crippen LogP contribution in [0.25, 0.3) is 0 Å². The van der Waals surface area contributed by atoms with Crippen LogP contribution in [0.2, 0.25) is 0 Å². The number of hydrogen-bond acceptors (Lipinski definition) is 3. The Morgan fingerprint density at radius 3 is 2.57 bits per heavy atom. The zero-order valence-corrected chi connectivity index (χ0v) is 16.8. The van der Waals surface area contributed by atoms with Crippen LogP contribution in [0.4, 0.5) is 25.0 Å². The van der Waals surface area contributed by atoms with Crippen LogP contribution in [-0.2, 0) is 6.54 Å². The first-order valence-corrected chi connectivity index (χ1v) is 10.3. The summed E-state index contributed by atoms with van der Waals surface area (Å²) in [6, 6.07) is 13.7. The molecule has 1 aliphatic rings. The summed E-state index contributed by atoms with van der Waals surface area (Å²) < 4.78 is 27.1. The van der Waals surface area contributed by atoms with Crippen molar-refractivity contribution in [1.82, 2.24) is 4.90 Å². The van der Waals surface area contributed by atoms with Gasteiger partial charge in [0, 0.05) is 36.1 Å². The number of carbonyl (C=O) groups excluding carboxylic acids is 2. The molecule has 3 amide bonds. The van der Waals surface area contributed by atoms with Gasteiger partial charge in [-0.15, -0.1) is 11.3 Å². The third-order valence-corrected chi connectivity index (χ3v) is 5.74. The first-order valence-electron chi connectivity index (χ1n) is 9.46. The number of amides is 3. The summed E-state index contributed by atoms with van der Waals surface area (Å²) in [7, 11) is 0. The number of thiophene rings is 1. The van der Waals surface area contributed by atoms with E-state index in [-0.39, 0.29) is 24.0 Å². The fourth-order valence-corrected chi connectivity index (χ4v) is 3.97. The highest BCUT2D eigenvalue weighted by molar-refractivity contribution is 7.12. The van der Waals surface area contributed by atoms with Gasteiger partial charge in [-0.3, -0.25) is 9.69 Å². The normalized spacial score (nSPS) is 14.1. The third kappa shape index (κ3) is 4.33. The number of halogens is 2. The van der Waals surface area contributed by atoms with E-state index in [4.69, 9.17) is 0 Å². The van der Waals surface area contributed by atoms with Crippen molar-refractivity contribution in [1.29, 1.82) is 0 Å². The minimum Gasteiger partial charge on any atom is -0.321 e. The Balaban J connectivity index is 1.44. The van der Waals surface area contributed by atoms with Gasteiger partial charge in [0.1, 0.15) is 11.6 Å². The van der Waals surface area contributed by atoms with E-state index in [0.29, 0.717) is 29.3 Å². The van der Waals surface area contributed by atoms with Gasteiger partial charge in [0.2, 0.25) is 0 Å². The molecule has 0 bridgehead atoms. The van der Waals surface area contributed by atoms with E-state index in [0.717, 1.165) is 12.5 Å². The molecule has 4 rings (SSSR count). The van der Waals surface area contributed by atoms with Crippen molar-refractivity contribution >= 4 is 34.6 Å². The maximum atomic E-state index is 14.0. The van der Waals surface area contributed by atoms with E-state index in [1.165, 1.54) is 23.5 Å². The first kappa shape index (κ1) is 20.0. The van der Waals surface area contributed by atoms with Gasteiger partial charge in [-0.2, -0.15) is 0 Å². The Morgan fingerprint density at radius 2 is 1.87 bits per heavy atom. The van der Waals surface area contributed by atoms with Gasteiger partial charge in [0.15, 0.2) is 0 Å². The van der Waals surface area contributed by atoms with Crippen molar-refractivity contribution in [3.63, 3.8) is 0 Å². The molecule has 2 aromatic carbocycles. The molecule has 0 atom stereocenters. The van der Waals surface area contributed by atoms with Crippen molar-refractivity contribution in [3.8, 4) is 0 Å².